The molecule has 0 spiro atoms. The Morgan fingerprint density at radius 1 is 1.11 bits per heavy atom. The smallest absolute Gasteiger partial charge is 0.335 e. The molecule has 1 saturated heterocycles. The molecule has 2 aromatic carbocycles. The van der Waals surface area contributed by atoms with Crippen LogP contribution < -0.4 is 10.1 Å². The summed E-state index contributed by atoms with van der Waals surface area (Å²) in [6.45, 7) is 3.75. The first kappa shape index (κ1) is 19.4. The van der Waals surface area contributed by atoms with E-state index in [1.165, 1.54) is 24.8 Å². The molecule has 1 unspecified atom stereocenters. The molecule has 144 valence electrons. The number of hydrogen-bond acceptors (Lipinski definition) is 4. The lowest BCUT2D eigenvalue weighted by Gasteiger charge is -2.35. The topological polar surface area (TPSA) is 61.8 Å². The molecule has 27 heavy (non-hydrogen) atoms. The maximum Gasteiger partial charge on any atom is 0.335 e. The minimum atomic E-state index is -0.893. The summed E-state index contributed by atoms with van der Waals surface area (Å²) in [5.41, 5.74) is 2.62. The van der Waals surface area contributed by atoms with Crippen molar-refractivity contribution in [2.45, 2.75) is 31.8 Å². The van der Waals surface area contributed by atoms with Crippen LogP contribution in [0.15, 0.2) is 48.5 Å². The van der Waals surface area contributed by atoms with Gasteiger partial charge in [0.15, 0.2) is 0 Å². The molecule has 0 saturated carbocycles. The highest BCUT2D eigenvalue weighted by molar-refractivity contribution is 5.87. The van der Waals surface area contributed by atoms with Crippen LogP contribution in [-0.2, 0) is 6.54 Å². The van der Waals surface area contributed by atoms with Crippen molar-refractivity contribution in [3.63, 3.8) is 0 Å². The molecule has 0 radical (unpaired) electrons. The second kappa shape index (κ2) is 9.53. The highest BCUT2D eigenvalue weighted by Gasteiger charge is 2.24. The van der Waals surface area contributed by atoms with Crippen molar-refractivity contribution < 1.29 is 14.6 Å². The first-order valence-electron chi connectivity index (χ1n) is 9.59. The van der Waals surface area contributed by atoms with Crippen molar-refractivity contribution in [1.29, 1.82) is 0 Å². The predicted molar refractivity (Wildman–Crippen MR) is 106 cm³/mol. The maximum atomic E-state index is 11.0. The number of carboxylic acid groups (broad SMARTS) is 1. The van der Waals surface area contributed by atoms with E-state index < -0.39 is 5.97 Å². The fourth-order valence-electron chi connectivity index (χ4n) is 3.73. The molecule has 2 N–H and O–H groups in total. The van der Waals surface area contributed by atoms with E-state index in [-0.39, 0.29) is 6.04 Å². The molecule has 1 aliphatic heterocycles. The Morgan fingerprint density at radius 3 is 2.48 bits per heavy atom. The summed E-state index contributed by atoms with van der Waals surface area (Å²) >= 11 is 0. The highest BCUT2D eigenvalue weighted by Crippen LogP contribution is 2.30. The second-order valence-electron chi connectivity index (χ2n) is 6.99. The Labute approximate surface area is 161 Å². The van der Waals surface area contributed by atoms with E-state index in [1.54, 1.807) is 19.2 Å². The third-order valence-corrected chi connectivity index (χ3v) is 5.20. The molecule has 0 amide bonds. The largest absolute Gasteiger partial charge is 0.496 e. The Bertz CT molecular complexity index is 739. The molecule has 2 aromatic rings. The average molecular weight is 368 g/mol. The van der Waals surface area contributed by atoms with Crippen molar-refractivity contribution in [3.05, 3.63) is 65.2 Å². The summed E-state index contributed by atoms with van der Waals surface area (Å²) < 4.78 is 5.61. The summed E-state index contributed by atoms with van der Waals surface area (Å²) in [6.07, 6.45) is 3.78. The van der Waals surface area contributed by atoms with Crippen LogP contribution in [0.4, 0.5) is 0 Å². The predicted octanol–water partition coefficient (Wildman–Crippen LogP) is 3.71. The first-order chi connectivity index (χ1) is 13.2. The van der Waals surface area contributed by atoms with Gasteiger partial charge >= 0.3 is 5.97 Å². The molecule has 1 atom stereocenters. The van der Waals surface area contributed by atoms with E-state index >= 15 is 0 Å². The number of nitrogens with zero attached hydrogens (tertiary/aromatic N) is 1. The lowest BCUT2D eigenvalue weighted by atomic mass is 10.0. The minimum absolute atomic E-state index is 0.264. The number of para-hydroxylation sites is 1. The van der Waals surface area contributed by atoms with Gasteiger partial charge in [-0.3, -0.25) is 4.90 Å². The summed E-state index contributed by atoms with van der Waals surface area (Å²) in [5, 5.41) is 12.6. The molecular formula is C22H28N2O3. The summed E-state index contributed by atoms with van der Waals surface area (Å²) in [6, 6.07) is 15.6. The normalized spacial score (nSPS) is 16.0. The zero-order valence-corrected chi connectivity index (χ0v) is 15.9. The highest BCUT2D eigenvalue weighted by atomic mass is 16.5. The van der Waals surface area contributed by atoms with Gasteiger partial charge < -0.3 is 15.2 Å². The van der Waals surface area contributed by atoms with Crippen molar-refractivity contribution in [1.82, 2.24) is 10.2 Å². The van der Waals surface area contributed by atoms with Crippen molar-refractivity contribution in [2.24, 2.45) is 0 Å². The van der Waals surface area contributed by atoms with E-state index in [0.29, 0.717) is 12.1 Å². The van der Waals surface area contributed by atoms with Crippen LogP contribution in [0.5, 0.6) is 5.75 Å². The molecule has 1 heterocycles. The molecule has 1 fully saturated rings. The standard InChI is InChI=1S/C22H28N2O3/c1-27-21-8-4-3-7-19(21)20(24-13-5-2-6-14-24)16-23-15-17-9-11-18(12-10-17)22(25)26/h3-4,7-12,20,23H,2,5-6,13-16H2,1H3,(H,25,26). The number of carbonyl (C=O) groups is 1. The number of nitrogens with one attached hydrogen (secondary N) is 1. The van der Waals surface area contributed by atoms with Crippen LogP contribution in [0.1, 0.15) is 46.8 Å². The first-order valence-corrected chi connectivity index (χ1v) is 9.59. The Hall–Kier alpha value is -2.37. The number of carboxylic acids is 1. The summed E-state index contributed by atoms with van der Waals surface area (Å²) in [4.78, 5) is 13.5. The van der Waals surface area contributed by atoms with Crippen LogP contribution >= 0.6 is 0 Å². The lowest BCUT2D eigenvalue weighted by molar-refractivity contribution is 0.0697. The Balaban J connectivity index is 1.68. The van der Waals surface area contributed by atoms with Crippen molar-refractivity contribution in [3.8, 4) is 5.75 Å². The zero-order chi connectivity index (χ0) is 19.1. The molecule has 1 aliphatic rings. The van der Waals surface area contributed by atoms with E-state index in [2.05, 4.69) is 22.3 Å². The summed E-state index contributed by atoms with van der Waals surface area (Å²) in [5.74, 6) is 0.0385. The van der Waals surface area contributed by atoms with Gasteiger partial charge in [0.1, 0.15) is 5.75 Å². The van der Waals surface area contributed by atoms with E-state index in [1.807, 2.05) is 24.3 Å². The minimum Gasteiger partial charge on any atom is -0.496 e. The SMILES string of the molecule is COc1ccccc1C(CNCc1ccc(C(=O)O)cc1)N1CCCCC1. The Kier molecular flexibility index (Phi) is 6.85. The number of rotatable bonds is 8. The summed E-state index contributed by atoms with van der Waals surface area (Å²) in [7, 11) is 1.73. The van der Waals surface area contributed by atoms with Gasteiger partial charge in [0.2, 0.25) is 0 Å². The number of methoxy groups -OCH3 is 1. The molecule has 3 rings (SSSR count). The number of likely N-dealkylation sites (tertiary alicyclic amines) is 1. The van der Waals surface area contributed by atoms with Gasteiger partial charge in [0.05, 0.1) is 18.7 Å². The fraction of sp³-hybridized carbons (Fsp3) is 0.409. The number of ether oxygens (including phenoxy) is 1. The molecule has 5 heteroatoms. The van der Waals surface area contributed by atoms with Gasteiger partial charge in [0, 0.05) is 18.7 Å². The van der Waals surface area contributed by atoms with Crippen LogP contribution in [0.25, 0.3) is 0 Å². The third-order valence-electron chi connectivity index (χ3n) is 5.20. The maximum absolute atomic E-state index is 11.0. The third kappa shape index (κ3) is 5.08. The number of benzene rings is 2. The number of aromatic carboxylic acids is 1. The van der Waals surface area contributed by atoms with E-state index in [0.717, 1.165) is 30.9 Å². The van der Waals surface area contributed by atoms with Crippen LogP contribution in [-0.4, -0.2) is 42.7 Å². The Morgan fingerprint density at radius 2 is 1.81 bits per heavy atom. The van der Waals surface area contributed by atoms with Crippen LogP contribution in [0.3, 0.4) is 0 Å². The van der Waals surface area contributed by atoms with Gasteiger partial charge in [-0.05, 0) is 49.7 Å². The van der Waals surface area contributed by atoms with Gasteiger partial charge in [-0.15, -0.1) is 0 Å². The molecule has 0 aromatic heterocycles. The molecule has 5 nitrogen and oxygen atoms in total. The molecule has 0 aliphatic carbocycles. The van der Waals surface area contributed by atoms with Crippen LogP contribution in [0.2, 0.25) is 0 Å². The van der Waals surface area contributed by atoms with Crippen molar-refractivity contribution in [2.75, 3.05) is 26.7 Å². The average Bonchev–Trinajstić information content (AvgIpc) is 2.72. The monoisotopic (exact) mass is 368 g/mol. The van der Waals surface area contributed by atoms with Gasteiger partial charge in [-0.2, -0.15) is 0 Å². The molecule has 0 bridgehead atoms. The van der Waals surface area contributed by atoms with Gasteiger partial charge in [-0.1, -0.05) is 36.8 Å². The zero-order valence-electron chi connectivity index (χ0n) is 15.9. The molecular weight excluding hydrogens is 340 g/mol. The number of piperidine rings is 1. The van der Waals surface area contributed by atoms with Crippen LogP contribution in [0, 0.1) is 0 Å². The van der Waals surface area contributed by atoms with E-state index in [4.69, 9.17) is 9.84 Å². The fourth-order valence-corrected chi connectivity index (χ4v) is 3.73. The second-order valence-corrected chi connectivity index (χ2v) is 6.99. The van der Waals surface area contributed by atoms with Gasteiger partial charge in [-0.25, -0.2) is 4.79 Å². The van der Waals surface area contributed by atoms with E-state index in [9.17, 15) is 4.79 Å². The van der Waals surface area contributed by atoms with Gasteiger partial charge in [0.25, 0.3) is 0 Å². The quantitative estimate of drug-likeness (QED) is 0.744. The number of hydrogen-bond donors (Lipinski definition) is 2. The lowest BCUT2D eigenvalue weighted by Crippen LogP contribution is -2.39. The van der Waals surface area contributed by atoms with Crippen molar-refractivity contribution >= 4 is 5.97 Å².